The lowest BCUT2D eigenvalue weighted by Crippen LogP contribution is -2.28. The zero-order valence-electron chi connectivity index (χ0n) is 13.9. The van der Waals surface area contributed by atoms with Crippen LogP contribution in [0.1, 0.15) is 44.2 Å². The van der Waals surface area contributed by atoms with Gasteiger partial charge in [-0.25, -0.2) is 8.42 Å². The van der Waals surface area contributed by atoms with Gasteiger partial charge in [-0.3, -0.25) is 4.79 Å². The van der Waals surface area contributed by atoms with Gasteiger partial charge in [0, 0.05) is 11.6 Å². The number of rotatable bonds is 4. The first-order chi connectivity index (χ1) is 10.9. The average Bonchev–Trinajstić information content (AvgIpc) is 3.25. The van der Waals surface area contributed by atoms with Crippen LogP contribution in [-0.4, -0.2) is 25.8 Å². The van der Waals surface area contributed by atoms with E-state index in [-0.39, 0.29) is 28.7 Å². The van der Waals surface area contributed by atoms with E-state index in [1.54, 1.807) is 0 Å². The van der Waals surface area contributed by atoms with Gasteiger partial charge < -0.3 is 5.32 Å². The predicted octanol–water partition coefficient (Wildman–Crippen LogP) is 2.96. The summed E-state index contributed by atoms with van der Waals surface area (Å²) in [6, 6.07) is 6.12. The third kappa shape index (κ3) is 3.30. The molecule has 1 unspecified atom stereocenters. The van der Waals surface area contributed by atoms with Gasteiger partial charge in [0.1, 0.15) is 9.84 Å². The first-order valence-electron chi connectivity index (χ1n) is 8.52. The highest BCUT2D eigenvalue weighted by Gasteiger charge is 2.59. The third-order valence-electron chi connectivity index (χ3n) is 5.56. The van der Waals surface area contributed by atoms with Gasteiger partial charge in [-0.1, -0.05) is 19.9 Å². The summed E-state index contributed by atoms with van der Waals surface area (Å²) in [5.74, 6) is 0.508. The van der Waals surface area contributed by atoms with Crippen LogP contribution in [0.2, 0.25) is 0 Å². The Labute approximate surface area is 138 Å². The number of carbonyl (C=O) groups is 1. The topological polar surface area (TPSA) is 63.2 Å². The SMILES string of the molecule is CCc1ccc(NC(=O)C2CC23CCS(=O)(=O)CC3)cc1CC. The van der Waals surface area contributed by atoms with Crippen LogP contribution in [0.5, 0.6) is 0 Å². The van der Waals surface area contributed by atoms with E-state index < -0.39 is 9.84 Å². The maximum atomic E-state index is 12.5. The van der Waals surface area contributed by atoms with Crippen LogP contribution in [0.4, 0.5) is 5.69 Å². The molecule has 126 valence electrons. The van der Waals surface area contributed by atoms with Crippen LogP contribution < -0.4 is 5.32 Å². The van der Waals surface area contributed by atoms with Crippen molar-refractivity contribution in [1.82, 2.24) is 0 Å². The minimum atomic E-state index is -2.87. The van der Waals surface area contributed by atoms with Gasteiger partial charge in [0.25, 0.3) is 0 Å². The van der Waals surface area contributed by atoms with Gasteiger partial charge in [-0.05, 0) is 60.8 Å². The van der Waals surface area contributed by atoms with Gasteiger partial charge in [0.2, 0.25) is 5.91 Å². The predicted molar refractivity (Wildman–Crippen MR) is 92.3 cm³/mol. The Balaban J connectivity index is 1.65. The molecule has 1 aromatic carbocycles. The molecule has 0 bridgehead atoms. The fraction of sp³-hybridized carbons (Fsp3) is 0.611. The van der Waals surface area contributed by atoms with E-state index in [1.165, 1.54) is 11.1 Å². The number of sulfone groups is 1. The van der Waals surface area contributed by atoms with Crippen molar-refractivity contribution >= 4 is 21.4 Å². The molecular formula is C18H25NO3S. The maximum Gasteiger partial charge on any atom is 0.228 e. The number of hydrogen-bond donors (Lipinski definition) is 1. The summed E-state index contributed by atoms with van der Waals surface area (Å²) in [4.78, 5) is 12.5. The summed E-state index contributed by atoms with van der Waals surface area (Å²) in [6.45, 7) is 4.26. The number of amides is 1. The number of benzene rings is 1. The Morgan fingerprint density at radius 2 is 1.83 bits per heavy atom. The van der Waals surface area contributed by atoms with Crippen molar-refractivity contribution in [3.05, 3.63) is 29.3 Å². The van der Waals surface area contributed by atoms with Crippen molar-refractivity contribution < 1.29 is 13.2 Å². The standard InChI is InChI=1S/C18H25NO3S/c1-3-13-5-6-15(11-14(13)4-2)19-17(20)16-12-18(16)7-9-23(21,22)10-8-18/h5-6,11,16H,3-4,7-10,12H2,1-2H3,(H,19,20). The minimum absolute atomic E-state index is 0.0195. The van der Waals surface area contributed by atoms with Crippen molar-refractivity contribution in [2.24, 2.45) is 11.3 Å². The first-order valence-corrected chi connectivity index (χ1v) is 10.3. The van der Waals surface area contributed by atoms with Crippen LogP contribution in [-0.2, 0) is 27.5 Å². The van der Waals surface area contributed by atoms with Crippen molar-refractivity contribution in [1.29, 1.82) is 0 Å². The molecule has 4 nitrogen and oxygen atoms in total. The van der Waals surface area contributed by atoms with Crippen LogP contribution >= 0.6 is 0 Å². The first kappa shape index (κ1) is 16.5. The van der Waals surface area contributed by atoms with Crippen molar-refractivity contribution in [2.75, 3.05) is 16.8 Å². The van der Waals surface area contributed by atoms with Crippen LogP contribution in [0.25, 0.3) is 0 Å². The quantitative estimate of drug-likeness (QED) is 0.920. The second-order valence-corrected chi connectivity index (χ2v) is 9.25. The van der Waals surface area contributed by atoms with E-state index in [1.807, 2.05) is 6.07 Å². The second-order valence-electron chi connectivity index (χ2n) is 6.95. The van der Waals surface area contributed by atoms with Gasteiger partial charge in [0.15, 0.2) is 0 Å². The van der Waals surface area contributed by atoms with Crippen LogP contribution in [0, 0.1) is 11.3 Å². The zero-order chi connectivity index (χ0) is 16.7. The normalized spacial score (nSPS) is 24.3. The zero-order valence-corrected chi connectivity index (χ0v) is 14.7. The van der Waals surface area contributed by atoms with E-state index in [4.69, 9.17) is 0 Å². The van der Waals surface area contributed by atoms with Crippen LogP contribution in [0.3, 0.4) is 0 Å². The summed E-state index contributed by atoms with van der Waals surface area (Å²) >= 11 is 0. The fourth-order valence-electron chi connectivity index (χ4n) is 3.82. The highest BCUT2D eigenvalue weighted by atomic mass is 32.2. The molecule has 1 saturated heterocycles. The molecule has 2 aliphatic rings. The van der Waals surface area contributed by atoms with E-state index in [9.17, 15) is 13.2 Å². The molecule has 23 heavy (non-hydrogen) atoms. The van der Waals surface area contributed by atoms with E-state index in [2.05, 4.69) is 31.3 Å². The van der Waals surface area contributed by atoms with E-state index in [0.29, 0.717) is 12.8 Å². The molecule has 1 atom stereocenters. The molecule has 1 aliphatic carbocycles. The Hall–Kier alpha value is -1.36. The van der Waals surface area contributed by atoms with Crippen molar-refractivity contribution in [2.45, 2.75) is 46.0 Å². The van der Waals surface area contributed by atoms with Crippen molar-refractivity contribution in [3.63, 3.8) is 0 Å². The molecule has 1 aliphatic heterocycles. The van der Waals surface area contributed by atoms with Gasteiger partial charge in [-0.15, -0.1) is 0 Å². The van der Waals surface area contributed by atoms with Gasteiger partial charge >= 0.3 is 0 Å². The Bertz CT molecular complexity index is 710. The molecule has 1 heterocycles. The molecule has 1 aromatic rings. The number of hydrogen-bond acceptors (Lipinski definition) is 3. The summed E-state index contributed by atoms with van der Waals surface area (Å²) in [6.07, 6.45) is 4.07. The summed E-state index contributed by atoms with van der Waals surface area (Å²) in [5, 5.41) is 3.03. The summed E-state index contributed by atoms with van der Waals surface area (Å²) in [5.41, 5.74) is 3.41. The largest absolute Gasteiger partial charge is 0.326 e. The molecule has 1 amide bonds. The fourth-order valence-corrected chi connectivity index (χ4v) is 5.46. The summed E-state index contributed by atoms with van der Waals surface area (Å²) in [7, 11) is -2.87. The van der Waals surface area contributed by atoms with Crippen LogP contribution in [0.15, 0.2) is 18.2 Å². The molecule has 0 aromatic heterocycles. The third-order valence-corrected chi connectivity index (χ3v) is 7.22. The molecule has 1 N–H and O–H groups in total. The molecule has 3 rings (SSSR count). The molecule has 1 spiro atoms. The summed E-state index contributed by atoms with van der Waals surface area (Å²) < 4.78 is 23.1. The molecule has 1 saturated carbocycles. The highest BCUT2D eigenvalue weighted by molar-refractivity contribution is 7.91. The van der Waals surface area contributed by atoms with Gasteiger partial charge in [0.05, 0.1) is 11.5 Å². The van der Waals surface area contributed by atoms with Crippen molar-refractivity contribution in [3.8, 4) is 0 Å². The van der Waals surface area contributed by atoms with E-state index >= 15 is 0 Å². The highest BCUT2D eigenvalue weighted by Crippen LogP contribution is 2.60. The monoisotopic (exact) mass is 335 g/mol. The Morgan fingerprint density at radius 3 is 2.43 bits per heavy atom. The molecular weight excluding hydrogens is 310 g/mol. The number of carbonyl (C=O) groups excluding carboxylic acids is 1. The minimum Gasteiger partial charge on any atom is -0.326 e. The smallest absolute Gasteiger partial charge is 0.228 e. The Kier molecular flexibility index (Phi) is 4.25. The number of anilines is 1. The lowest BCUT2D eigenvalue weighted by molar-refractivity contribution is -0.118. The maximum absolute atomic E-state index is 12.5. The Morgan fingerprint density at radius 1 is 1.17 bits per heavy atom. The second kappa shape index (κ2) is 5.93. The van der Waals surface area contributed by atoms with Gasteiger partial charge in [-0.2, -0.15) is 0 Å². The molecule has 5 heteroatoms. The lowest BCUT2D eigenvalue weighted by atomic mass is 9.96. The lowest BCUT2D eigenvalue weighted by Gasteiger charge is -2.22. The number of nitrogens with one attached hydrogen (secondary N) is 1. The molecule has 2 fully saturated rings. The molecule has 0 radical (unpaired) electrons. The average molecular weight is 335 g/mol. The number of aryl methyl sites for hydroxylation is 2. The van der Waals surface area contributed by atoms with E-state index in [0.717, 1.165) is 24.9 Å².